The first-order chi connectivity index (χ1) is 9.14. The van der Waals surface area contributed by atoms with Crippen molar-refractivity contribution in [3.8, 4) is 5.75 Å². The minimum Gasteiger partial charge on any atom is -0.494 e. The van der Waals surface area contributed by atoms with Gasteiger partial charge in [0.25, 0.3) is 0 Å². The standard InChI is InChI=1S/C15H20FNO2/c1-3-14(18)15(6-8-17-9-7-15)11-4-5-13(19-2)12(16)10-11/h4-5,10,17H,3,6-9H2,1-2H3. The zero-order chi connectivity index (χ0) is 13.9. The monoisotopic (exact) mass is 265 g/mol. The Balaban J connectivity index is 2.43. The Morgan fingerprint density at radius 3 is 2.63 bits per heavy atom. The molecule has 0 radical (unpaired) electrons. The van der Waals surface area contributed by atoms with Gasteiger partial charge >= 0.3 is 0 Å². The summed E-state index contributed by atoms with van der Waals surface area (Å²) in [6.07, 6.45) is 1.94. The number of benzene rings is 1. The van der Waals surface area contributed by atoms with Gasteiger partial charge in [0.05, 0.1) is 12.5 Å². The molecule has 0 saturated carbocycles. The van der Waals surface area contributed by atoms with Crippen LogP contribution in [0.3, 0.4) is 0 Å². The number of carbonyl (C=O) groups is 1. The molecule has 104 valence electrons. The highest BCUT2D eigenvalue weighted by Crippen LogP contribution is 2.37. The van der Waals surface area contributed by atoms with E-state index in [1.165, 1.54) is 13.2 Å². The van der Waals surface area contributed by atoms with Crippen molar-refractivity contribution >= 4 is 5.78 Å². The van der Waals surface area contributed by atoms with Crippen LogP contribution in [0, 0.1) is 5.82 Å². The fraction of sp³-hybridized carbons (Fsp3) is 0.533. The molecule has 1 aliphatic heterocycles. The van der Waals surface area contributed by atoms with E-state index in [0.29, 0.717) is 6.42 Å². The van der Waals surface area contributed by atoms with Crippen molar-refractivity contribution in [3.05, 3.63) is 29.6 Å². The third-order valence-corrected chi connectivity index (χ3v) is 4.02. The van der Waals surface area contributed by atoms with E-state index in [4.69, 9.17) is 4.74 Å². The van der Waals surface area contributed by atoms with E-state index >= 15 is 0 Å². The van der Waals surface area contributed by atoms with Crippen LogP contribution in [0.4, 0.5) is 4.39 Å². The molecule has 1 aliphatic rings. The number of hydrogen-bond donors (Lipinski definition) is 1. The lowest BCUT2D eigenvalue weighted by Gasteiger charge is -2.36. The highest BCUT2D eigenvalue weighted by Gasteiger charge is 2.40. The lowest BCUT2D eigenvalue weighted by atomic mass is 9.69. The number of hydrogen-bond acceptors (Lipinski definition) is 3. The maximum Gasteiger partial charge on any atom is 0.165 e. The number of Topliss-reactive ketones (excluding diaryl/α,β-unsaturated/α-hetero) is 1. The van der Waals surface area contributed by atoms with Gasteiger partial charge in [0.15, 0.2) is 11.6 Å². The predicted octanol–water partition coefficient (Wildman–Crippen LogP) is 2.43. The maximum absolute atomic E-state index is 13.9. The van der Waals surface area contributed by atoms with Gasteiger partial charge in [-0.25, -0.2) is 4.39 Å². The highest BCUT2D eigenvalue weighted by atomic mass is 19.1. The van der Waals surface area contributed by atoms with Crippen LogP contribution in [-0.4, -0.2) is 26.0 Å². The molecule has 0 spiro atoms. The van der Waals surface area contributed by atoms with Crippen molar-refractivity contribution in [2.75, 3.05) is 20.2 Å². The number of methoxy groups -OCH3 is 1. The predicted molar refractivity (Wildman–Crippen MR) is 72.0 cm³/mol. The van der Waals surface area contributed by atoms with Gasteiger partial charge in [-0.05, 0) is 43.6 Å². The number of carbonyl (C=O) groups excluding carboxylic acids is 1. The van der Waals surface area contributed by atoms with E-state index in [1.807, 2.05) is 13.0 Å². The second-order valence-corrected chi connectivity index (χ2v) is 4.96. The average molecular weight is 265 g/mol. The van der Waals surface area contributed by atoms with E-state index in [-0.39, 0.29) is 11.5 Å². The SMILES string of the molecule is CCC(=O)C1(c2ccc(OC)c(F)c2)CCNCC1. The molecule has 1 N–H and O–H groups in total. The molecule has 2 rings (SSSR count). The van der Waals surface area contributed by atoms with Crippen molar-refractivity contribution in [2.24, 2.45) is 0 Å². The van der Waals surface area contributed by atoms with Crippen molar-refractivity contribution in [3.63, 3.8) is 0 Å². The third kappa shape index (κ3) is 2.50. The number of ketones is 1. The number of ether oxygens (including phenoxy) is 1. The number of halogens is 1. The molecule has 0 atom stereocenters. The van der Waals surface area contributed by atoms with Gasteiger partial charge in [-0.15, -0.1) is 0 Å². The van der Waals surface area contributed by atoms with E-state index in [9.17, 15) is 9.18 Å². The summed E-state index contributed by atoms with van der Waals surface area (Å²) in [5.41, 5.74) is 0.242. The highest BCUT2D eigenvalue weighted by molar-refractivity contribution is 5.90. The molecule has 1 aromatic carbocycles. The molecule has 1 heterocycles. The molecule has 0 bridgehead atoms. The van der Waals surface area contributed by atoms with E-state index in [2.05, 4.69) is 5.32 Å². The molecule has 0 aliphatic carbocycles. The minimum atomic E-state index is -0.535. The zero-order valence-electron chi connectivity index (χ0n) is 11.5. The molecule has 19 heavy (non-hydrogen) atoms. The van der Waals surface area contributed by atoms with Crippen molar-refractivity contribution in [2.45, 2.75) is 31.6 Å². The molecule has 1 aromatic rings. The summed E-state index contributed by atoms with van der Waals surface area (Å²) in [6, 6.07) is 4.88. The van der Waals surface area contributed by atoms with Crippen molar-refractivity contribution < 1.29 is 13.9 Å². The zero-order valence-corrected chi connectivity index (χ0v) is 11.5. The molecule has 0 unspecified atom stereocenters. The van der Waals surface area contributed by atoms with Crippen LogP contribution in [0.25, 0.3) is 0 Å². The Hall–Kier alpha value is -1.42. The van der Waals surface area contributed by atoms with E-state index < -0.39 is 11.2 Å². The normalized spacial score (nSPS) is 18.1. The molecule has 3 nitrogen and oxygen atoms in total. The smallest absolute Gasteiger partial charge is 0.165 e. The van der Waals surface area contributed by atoms with Gasteiger partial charge in [-0.3, -0.25) is 4.79 Å². The summed E-state index contributed by atoms with van der Waals surface area (Å²) >= 11 is 0. The molecule has 1 saturated heterocycles. The summed E-state index contributed by atoms with van der Waals surface area (Å²) in [5, 5.41) is 3.25. The van der Waals surface area contributed by atoms with Crippen LogP contribution in [0.15, 0.2) is 18.2 Å². The van der Waals surface area contributed by atoms with Gasteiger partial charge in [-0.1, -0.05) is 13.0 Å². The Labute approximate surface area is 113 Å². The van der Waals surface area contributed by atoms with E-state index in [0.717, 1.165) is 31.5 Å². The summed E-state index contributed by atoms with van der Waals surface area (Å²) < 4.78 is 18.8. The third-order valence-electron chi connectivity index (χ3n) is 4.02. The van der Waals surface area contributed by atoms with Gasteiger partial charge in [0.1, 0.15) is 5.78 Å². The Morgan fingerprint density at radius 1 is 1.42 bits per heavy atom. The van der Waals surface area contributed by atoms with Crippen LogP contribution in [0.2, 0.25) is 0 Å². The Kier molecular flexibility index (Phi) is 4.20. The van der Waals surface area contributed by atoms with Crippen molar-refractivity contribution in [1.82, 2.24) is 5.32 Å². The van der Waals surface area contributed by atoms with Crippen LogP contribution in [0.5, 0.6) is 5.75 Å². The van der Waals surface area contributed by atoms with Crippen LogP contribution < -0.4 is 10.1 Å². The Bertz CT molecular complexity index is 467. The molecular weight excluding hydrogens is 245 g/mol. The first-order valence-electron chi connectivity index (χ1n) is 6.72. The first-order valence-corrected chi connectivity index (χ1v) is 6.72. The fourth-order valence-corrected chi connectivity index (χ4v) is 2.88. The van der Waals surface area contributed by atoms with E-state index in [1.54, 1.807) is 6.07 Å². The molecule has 0 amide bonds. The minimum absolute atomic E-state index is 0.193. The van der Waals surface area contributed by atoms with Crippen molar-refractivity contribution in [1.29, 1.82) is 0 Å². The van der Waals surface area contributed by atoms with Gasteiger partial charge < -0.3 is 10.1 Å². The van der Waals surface area contributed by atoms with Gasteiger partial charge in [-0.2, -0.15) is 0 Å². The number of piperidine rings is 1. The van der Waals surface area contributed by atoms with Crippen LogP contribution >= 0.6 is 0 Å². The fourth-order valence-electron chi connectivity index (χ4n) is 2.88. The summed E-state index contributed by atoms with van der Waals surface area (Å²) in [7, 11) is 1.44. The lowest BCUT2D eigenvalue weighted by molar-refractivity contribution is -0.125. The molecule has 0 aromatic heterocycles. The summed E-state index contributed by atoms with van der Waals surface area (Å²) in [6.45, 7) is 3.45. The second-order valence-electron chi connectivity index (χ2n) is 4.96. The summed E-state index contributed by atoms with van der Waals surface area (Å²) in [5.74, 6) is 0.0113. The first kappa shape index (κ1) is 14.0. The number of nitrogens with one attached hydrogen (secondary N) is 1. The summed E-state index contributed by atoms with van der Waals surface area (Å²) in [4.78, 5) is 12.4. The van der Waals surface area contributed by atoms with Crippen LogP contribution in [0.1, 0.15) is 31.7 Å². The largest absolute Gasteiger partial charge is 0.494 e. The van der Waals surface area contributed by atoms with Crippen LogP contribution in [-0.2, 0) is 10.2 Å². The average Bonchev–Trinajstić information content (AvgIpc) is 2.47. The second kappa shape index (κ2) is 5.70. The van der Waals surface area contributed by atoms with Gasteiger partial charge in [0, 0.05) is 6.42 Å². The maximum atomic E-state index is 13.9. The topological polar surface area (TPSA) is 38.3 Å². The molecule has 4 heteroatoms. The lowest BCUT2D eigenvalue weighted by Crippen LogP contribution is -2.45. The quantitative estimate of drug-likeness (QED) is 0.908. The molecule has 1 fully saturated rings. The molecular formula is C15H20FNO2. The van der Waals surface area contributed by atoms with Gasteiger partial charge in [0.2, 0.25) is 0 Å². The number of rotatable bonds is 4. The Morgan fingerprint density at radius 2 is 2.11 bits per heavy atom.